The Morgan fingerprint density at radius 2 is 2.08 bits per heavy atom. The molecule has 3 aromatic rings. The van der Waals surface area contributed by atoms with Gasteiger partial charge in [0.1, 0.15) is 11.4 Å². The normalized spacial score (nSPS) is 10.9. The van der Waals surface area contributed by atoms with E-state index in [0.717, 1.165) is 22.5 Å². The second-order valence-electron chi connectivity index (χ2n) is 5.54. The summed E-state index contributed by atoms with van der Waals surface area (Å²) in [7, 11) is 0. The molecule has 0 aliphatic rings. The van der Waals surface area contributed by atoms with E-state index in [9.17, 15) is 4.79 Å². The highest BCUT2D eigenvalue weighted by Gasteiger charge is 2.03. The van der Waals surface area contributed by atoms with Crippen molar-refractivity contribution in [1.29, 1.82) is 0 Å². The molecule has 0 saturated heterocycles. The number of hydrogen-bond donors (Lipinski definition) is 1. The number of carbonyl (C=O) groups is 1. The van der Waals surface area contributed by atoms with Crippen LogP contribution < -0.4 is 5.32 Å². The summed E-state index contributed by atoms with van der Waals surface area (Å²) in [4.78, 5) is 20.1. The SMILES string of the molecule is Cc1ccccc1C=CC(=O)NCCn1ccc(-c2cnccn2)n1. The number of benzene rings is 1. The highest BCUT2D eigenvalue weighted by atomic mass is 16.1. The van der Waals surface area contributed by atoms with Crippen molar-refractivity contribution < 1.29 is 4.79 Å². The third kappa shape index (κ3) is 4.60. The zero-order valence-corrected chi connectivity index (χ0v) is 14.0. The Morgan fingerprint density at radius 1 is 1.20 bits per heavy atom. The Bertz CT molecular complexity index is 870. The highest BCUT2D eigenvalue weighted by molar-refractivity contribution is 5.91. The average molecular weight is 333 g/mol. The fourth-order valence-electron chi connectivity index (χ4n) is 2.35. The molecule has 0 bridgehead atoms. The monoisotopic (exact) mass is 333 g/mol. The Balaban J connectivity index is 1.49. The van der Waals surface area contributed by atoms with Crippen molar-refractivity contribution >= 4 is 12.0 Å². The van der Waals surface area contributed by atoms with Gasteiger partial charge in [0.15, 0.2) is 0 Å². The van der Waals surface area contributed by atoms with E-state index in [-0.39, 0.29) is 5.91 Å². The lowest BCUT2D eigenvalue weighted by atomic mass is 10.1. The van der Waals surface area contributed by atoms with Gasteiger partial charge in [0.25, 0.3) is 0 Å². The number of amides is 1. The largest absolute Gasteiger partial charge is 0.351 e. The van der Waals surface area contributed by atoms with Gasteiger partial charge in [-0.15, -0.1) is 0 Å². The van der Waals surface area contributed by atoms with Crippen LogP contribution >= 0.6 is 0 Å². The number of carbonyl (C=O) groups excluding carboxylic acids is 1. The maximum absolute atomic E-state index is 11.9. The second-order valence-corrected chi connectivity index (χ2v) is 5.54. The van der Waals surface area contributed by atoms with Crippen molar-refractivity contribution in [1.82, 2.24) is 25.1 Å². The van der Waals surface area contributed by atoms with E-state index in [0.29, 0.717) is 13.1 Å². The Morgan fingerprint density at radius 3 is 2.88 bits per heavy atom. The number of rotatable bonds is 6. The van der Waals surface area contributed by atoms with Crippen molar-refractivity contribution in [2.24, 2.45) is 0 Å². The molecule has 0 spiro atoms. The number of hydrogen-bond acceptors (Lipinski definition) is 4. The Hall–Kier alpha value is -3.28. The van der Waals surface area contributed by atoms with Crippen LogP contribution in [-0.4, -0.2) is 32.2 Å². The van der Waals surface area contributed by atoms with E-state index < -0.39 is 0 Å². The molecule has 3 rings (SSSR count). The van der Waals surface area contributed by atoms with Crippen LogP contribution in [0.5, 0.6) is 0 Å². The Labute approximate surface area is 146 Å². The van der Waals surface area contributed by atoms with Gasteiger partial charge in [0.2, 0.25) is 5.91 Å². The molecule has 0 radical (unpaired) electrons. The molecule has 0 unspecified atom stereocenters. The molecule has 0 fully saturated rings. The van der Waals surface area contributed by atoms with Crippen LogP contribution in [0.15, 0.2) is 61.2 Å². The van der Waals surface area contributed by atoms with Gasteiger partial charge in [-0.25, -0.2) is 0 Å². The first-order chi connectivity index (χ1) is 12.2. The van der Waals surface area contributed by atoms with Gasteiger partial charge in [-0.1, -0.05) is 24.3 Å². The summed E-state index contributed by atoms with van der Waals surface area (Å²) in [5.74, 6) is -0.121. The fourth-order valence-corrected chi connectivity index (χ4v) is 2.35. The van der Waals surface area contributed by atoms with Crippen molar-refractivity contribution in [3.05, 3.63) is 72.3 Å². The maximum Gasteiger partial charge on any atom is 0.244 e. The quantitative estimate of drug-likeness (QED) is 0.703. The van der Waals surface area contributed by atoms with Crippen LogP contribution in [0.2, 0.25) is 0 Å². The molecule has 25 heavy (non-hydrogen) atoms. The molecule has 2 aromatic heterocycles. The highest BCUT2D eigenvalue weighted by Crippen LogP contribution is 2.11. The molecule has 0 aliphatic heterocycles. The summed E-state index contributed by atoms with van der Waals surface area (Å²) < 4.78 is 1.77. The standard InChI is InChI=1S/C19H19N5O/c1-15-4-2-3-5-16(15)6-7-19(25)22-11-13-24-12-8-17(23-24)18-14-20-9-10-21-18/h2-10,12,14H,11,13H2,1H3,(H,22,25). The topological polar surface area (TPSA) is 72.7 Å². The molecule has 6 nitrogen and oxygen atoms in total. The minimum Gasteiger partial charge on any atom is -0.351 e. The van der Waals surface area contributed by atoms with Crippen LogP contribution in [0.4, 0.5) is 0 Å². The molecular formula is C19H19N5O. The molecule has 0 aliphatic carbocycles. The van der Waals surface area contributed by atoms with Crippen molar-refractivity contribution in [3.8, 4) is 11.4 Å². The number of aromatic nitrogens is 4. The van der Waals surface area contributed by atoms with Crippen LogP contribution in [-0.2, 0) is 11.3 Å². The van der Waals surface area contributed by atoms with Crippen LogP contribution in [0.25, 0.3) is 17.5 Å². The summed E-state index contributed by atoms with van der Waals surface area (Å²) >= 11 is 0. The van der Waals surface area contributed by atoms with Gasteiger partial charge >= 0.3 is 0 Å². The molecular weight excluding hydrogens is 314 g/mol. The van der Waals surface area contributed by atoms with Crippen molar-refractivity contribution in [2.45, 2.75) is 13.5 Å². The van der Waals surface area contributed by atoms with E-state index in [2.05, 4.69) is 20.4 Å². The molecule has 1 amide bonds. The smallest absolute Gasteiger partial charge is 0.244 e. The lowest BCUT2D eigenvalue weighted by Gasteiger charge is -2.03. The Kier molecular flexibility index (Phi) is 5.31. The minimum atomic E-state index is -0.121. The lowest BCUT2D eigenvalue weighted by Crippen LogP contribution is -2.25. The van der Waals surface area contributed by atoms with Gasteiger partial charge < -0.3 is 5.32 Å². The summed E-state index contributed by atoms with van der Waals surface area (Å²) in [6, 6.07) is 9.81. The first kappa shape index (κ1) is 16.6. The zero-order valence-electron chi connectivity index (χ0n) is 14.0. The first-order valence-electron chi connectivity index (χ1n) is 8.04. The predicted octanol–water partition coefficient (Wildman–Crippen LogP) is 2.48. The van der Waals surface area contributed by atoms with Gasteiger partial charge in [-0.05, 0) is 30.2 Å². The van der Waals surface area contributed by atoms with E-state index in [4.69, 9.17) is 0 Å². The third-order valence-electron chi connectivity index (χ3n) is 3.71. The van der Waals surface area contributed by atoms with Gasteiger partial charge in [0, 0.05) is 31.2 Å². The van der Waals surface area contributed by atoms with Crippen LogP contribution in [0.1, 0.15) is 11.1 Å². The first-order valence-corrected chi connectivity index (χ1v) is 8.04. The van der Waals surface area contributed by atoms with Gasteiger partial charge in [0.05, 0.1) is 12.7 Å². The zero-order chi connectivity index (χ0) is 17.5. The summed E-state index contributed by atoms with van der Waals surface area (Å²) in [6.07, 6.45) is 10.2. The van der Waals surface area contributed by atoms with Gasteiger partial charge in [-0.2, -0.15) is 5.10 Å². The third-order valence-corrected chi connectivity index (χ3v) is 3.71. The second kappa shape index (κ2) is 8.01. The number of aryl methyl sites for hydroxylation is 1. The van der Waals surface area contributed by atoms with E-state index in [1.165, 1.54) is 0 Å². The summed E-state index contributed by atoms with van der Waals surface area (Å²) in [5, 5.41) is 7.28. The fraction of sp³-hybridized carbons (Fsp3) is 0.158. The van der Waals surface area contributed by atoms with Gasteiger partial charge in [-0.3, -0.25) is 19.4 Å². The maximum atomic E-state index is 11.9. The van der Waals surface area contributed by atoms with Crippen LogP contribution in [0.3, 0.4) is 0 Å². The lowest BCUT2D eigenvalue weighted by molar-refractivity contribution is -0.116. The molecule has 126 valence electrons. The molecule has 2 heterocycles. The molecule has 0 atom stereocenters. The summed E-state index contributed by atoms with van der Waals surface area (Å²) in [5.41, 5.74) is 3.67. The average Bonchev–Trinajstić information content (AvgIpc) is 3.11. The van der Waals surface area contributed by atoms with E-state index in [1.54, 1.807) is 29.3 Å². The van der Waals surface area contributed by atoms with Crippen molar-refractivity contribution in [3.63, 3.8) is 0 Å². The molecule has 1 aromatic carbocycles. The van der Waals surface area contributed by atoms with Crippen molar-refractivity contribution in [2.75, 3.05) is 6.54 Å². The van der Waals surface area contributed by atoms with E-state index in [1.807, 2.05) is 49.5 Å². The number of nitrogens with zero attached hydrogens (tertiary/aromatic N) is 4. The van der Waals surface area contributed by atoms with E-state index >= 15 is 0 Å². The molecule has 0 saturated carbocycles. The summed E-state index contributed by atoms with van der Waals surface area (Å²) in [6.45, 7) is 3.10. The minimum absolute atomic E-state index is 0.121. The predicted molar refractivity (Wildman–Crippen MR) is 96.5 cm³/mol. The molecule has 1 N–H and O–H groups in total. The van der Waals surface area contributed by atoms with Crippen LogP contribution in [0, 0.1) is 6.92 Å². The number of nitrogens with one attached hydrogen (secondary N) is 1. The molecule has 6 heteroatoms.